The lowest BCUT2D eigenvalue weighted by Crippen LogP contribution is -2.32. The molecule has 0 N–H and O–H groups in total. The summed E-state index contributed by atoms with van der Waals surface area (Å²) in [7, 11) is 0. The van der Waals surface area contributed by atoms with Crippen molar-refractivity contribution in [3.63, 3.8) is 0 Å². The molecule has 0 saturated carbocycles. The molecule has 1 aromatic carbocycles. The van der Waals surface area contributed by atoms with E-state index < -0.39 is 0 Å². The van der Waals surface area contributed by atoms with Crippen molar-refractivity contribution < 1.29 is 9.21 Å². The highest BCUT2D eigenvalue weighted by Crippen LogP contribution is 2.28. The summed E-state index contributed by atoms with van der Waals surface area (Å²) in [5.74, 6) is 1.25. The molecule has 0 radical (unpaired) electrons. The second kappa shape index (κ2) is 4.72. The fraction of sp³-hybridized carbons (Fsp3) is 0.438. The summed E-state index contributed by atoms with van der Waals surface area (Å²) in [5, 5.41) is 0.999. The number of benzene rings is 1. The number of hydrogen-bond acceptors (Lipinski definition) is 3. The predicted molar refractivity (Wildman–Crippen MR) is 76.8 cm³/mol. The number of fused-ring (bicyclic) bond motifs is 1. The van der Waals surface area contributed by atoms with E-state index in [2.05, 4.69) is 24.0 Å². The van der Waals surface area contributed by atoms with Crippen LogP contribution in [0.3, 0.4) is 0 Å². The molecular weight excluding hydrogens is 238 g/mol. The average Bonchev–Trinajstić information content (AvgIpc) is 2.82. The molecule has 0 atom stereocenters. The standard InChI is InChI=1S/C16H19NO2/c1-11-5-7-17(8-6-11)14-4-3-13-9-15(12(2)18)19-16(13)10-14/h3-4,9-11H,5-8H2,1-2H3. The van der Waals surface area contributed by atoms with Crippen molar-refractivity contribution in [1.29, 1.82) is 0 Å². The molecule has 2 aromatic rings. The highest BCUT2D eigenvalue weighted by Gasteiger charge is 2.17. The molecule has 0 amide bonds. The Morgan fingerprint density at radius 1 is 1.26 bits per heavy atom. The van der Waals surface area contributed by atoms with Crippen LogP contribution in [0.5, 0.6) is 0 Å². The Labute approximate surface area is 113 Å². The largest absolute Gasteiger partial charge is 0.453 e. The molecule has 2 heterocycles. The van der Waals surface area contributed by atoms with Gasteiger partial charge in [-0.05, 0) is 37.0 Å². The van der Waals surface area contributed by atoms with Crippen molar-refractivity contribution in [3.05, 3.63) is 30.0 Å². The van der Waals surface area contributed by atoms with Crippen LogP contribution in [0.4, 0.5) is 5.69 Å². The minimum Gasteiger partial charge on any atom is -0.453 e. The number of carbonyl (C=O) groups is 1. The Hall–Kier alpha value is -1.77. The summed E-state index contributed by atoms with van der Waals surface area (Å²) < 4.78 is 5.61. The highest BCUT2D eigenvalue weighted by atomic mass is 16.3. The molecule has 3 heteroatoms. The van der Waals surface area contributed by atoms with Gasteiger partial charge in [0.15, 0.2) is 11.5 Å². The third-order valence-electron chi connectivity index (χ3n) is 4.00. The molecule has 1 aliphatic rings. The van der Waals surface area contributed by atoms with Gasteiger partial charge in [0.2, 0.25) is 0 Å². The van der Waals surface area contributed by atoms with E-state index in [1.165, 1.54) is 25.5 Å². The summed E-state index contributed by atoms with van der Waals surface area (Å²) in [4.78, 5) is 13.7. The van der Waals surface area contributed by atoms with E-state index in [4.69, 9.17) is 4.42 Å². The van der Waals surface area contributed by atoms with Gasteiger partial charge in [0, 0.05) is 37.2 Å². The first kappa shape index (κ1) is 12.3. The monoisotopic (exact) mass is 257 g/mol. The van der Waals surface area contributed by atoms with Crippen LogP contribution >= 0.6 is 0 Å². The van der Waals surface area contributed by atoms with E-state index in [1.54, 1.807) is 0 Å². The normalized spacial score (nSPS) is 17.1. The molecule has 0 unspecified atom stereocenters. The highest BCUT2D eigenvalue weighted by molar-refractivity contribution is 5.96. The van der Waals surface area contributed by atoms with Crippen molar-refractivity contribution in [2.24, 2.45) is 5.92 Å². The number of piperidine rings is 1. The van der Waals surface area contributed by atoms with Gasteiger partial charge in [0.05, 0.1) is 0 Å². The zero-order valence-corrected chi connectivity index (χ0v) is 11.5. The zero-order chi connectivity index (χ0) is 13.4. The molecule has 100 valence electrons. The predicted octanol–water partition coefficient (Wildman–Crippen LogP) is 3.87. The molecule has 1 fully saturated rings. The van der Waals surface area contributed by atoms with Gasteiger partial charge >= 0.3 is 0 Å². The fourth-order valence-corrected chi connectivity index (χ4v) is 2.66. The molecule has 1 aromatic heterocycles. The number of anilines is 1. The van der Waals surface area contributed by atoms with Crippen LogP contribution in [-0.2, 0) is 0 Å². The second-order valence-electron chi connectivity index (χ2n) is 5.56. The number of ketones is 1. The smallest absolute Gasteiger partial charge is 0.194 e. The molecule has 3 rings (SSSR count). The lowest BCUT2D eigenvalue weighted by molar-refractivity contribution is 0.0989. The third kappa shape index (κ3) is 2.37. The van der Waals surface area contributed by atoms with Gasteiger partial charge in [-0.3, -0.25) is 4.79 Å². The topological polar surface area (TPSA) is 33.5 Å². The van der Waals surface area contributed by atoms with Gasteiger partial charge in [-0.25, -0.2) is 0 Å². The van der Waals surface area contributed by atoms with Gasteiger partial charge in [-0.15, -0.1) is 0 Å². The molecule has 19 heavy (non-hydrogen) atoms. The van der Waals surface area contributed by atoms with Gasteiger partial charge in [0.25, 0.3) is 0 Å². The molecule has 0 aliphatic carbocycles. The Morgan fingerprint density at radius 3 is 2.68 bits per heavy atom. The lowest BCUT2D eigenvalue weighted by atomic mass is 9.99. The van der Waals surface area contributed by atoms with Gasteiger partial charge in [0.1, 0.15) is 5.58 Å². The van der Waals surface area contributed by atoms with Gasteiger partial charge in [-0.2, -0.15) is 0 Å². The van der Waals surface area contributed by atoms with Crippen molar-refractivity contribution in [3.8, 4) is 0 Å². The van der Waals surface area contributed by atoms with Crippen LogP contribution in [-0.4, -0.2) is 18.9 Å². The van der Waals surface area contributed by atoms with Gasteiger partial charge < -0.3 is 9.32 Å². The van der Waals surface area contributed by atoms with Crippen LogP contribution in [0, 0.1) is 5.92 Å². The van der Waals surface area contributed by atoms with E-state index >= 15 is 0 Å². The van der Waals surface area contributed by atoms with Crippen LogP contribution in [0.25, 0.3) is 11.0 Å². The molecular formula is C16H19NO2. The maximum atomic E-state index is 11.3. The number of nitrogens with zero attached hydrogens (tertiary/aromatic N) is 1. The Bertz CT molecular complexity index is 606. The van der Waals surface area contributed by atoms with Crippen molar-refractivity contribution >= 4 is 22.4 Å². The van der Waals surface area contributed by atoms with E-state index in [1.807, 2.05) is 12.1 Å². The SMILES string of the molecule is CC(=O)c1cc2ccc(N3CCC(C)CC3)cc2o1. The molecule has 0 spiro atoms. The Kier molecular flexibility index (Phi) is 3.05. The lowest BCUT2D eigenvalue weighted by Gasteiger charge is -2.32. The number of furan rings is 1. The minimum atomic E-state index is -0.0236. The van der Waals surface area contributed by atoms with Crippen molar-refractivity contribution in [2.75, 3.05) is 18.0 Å². The van der Waals surface area contributed by atoms with Crippen molar-refractivity contribution in [1.82, 2.24) is 0 Å². The first-order valence-corrected chi connectivity index (χ1v) is 6.93. The molecule has 1 saturated heterocycles. The summed E-state index contributed by atoms with van der Waals surface area (Å²) in [5.41, 5.74) is 2.00. The van der Waals surface area contributed by atoms with E-state index in [0.717, 1.165) is 30.0 Å². The number of rotatable bonds is 2. The van der Waals surface area contributed by atoms with Crippen LogP contribution in [0.15, 0.2) is 28.7 Å². The number of Topliss-reactive ketones (excluding diaryl/α,β-unsaturated/α-hetero) is 1. The number of hydrogen-bond donors (Lipinski definition) is 0. The average molecular weight is 257 g/mol. The van der Waals surface area contributed by atoms with Crippen LogP contribution in [0.1, 0.15) is 37.2 Å². The second-order valence-corrected chi connectivity index (χ2v) is 5.56. The Morgan fingerprint density at radius 2 is 2.00 bits per heavy atom. The maximum absolute atomic E-state index is 11.3. The zero-order valence-electron chi connectivity index (χ0n) is 11.5. The van der Waals surface area contributed by atoms with E-state index in [0.29, 0.717) is 5.76 Å². The minimum absolute atomic E-state index is 0.0236. The summed E-state index contributed by atoms with van der Waals surface area (Å²) >= 11 is 0. The fourth-order valence-electron chi connectivity index (χ4n) is 2.66. The van der Waals surface area contributed by atoms with Gasteiger partial charge in [-0.1, -0.05) is 6.92 Å². The molecule has 0 bridgehead atoms. The summed E-state index contributed by atoms with van der Waals surface area (Å²) in [6, 6.07) is 8.04. The maximum Gasteiger partial charge on any atom is 0.194 e. The van der Waals surface area contributed by atoms with E-state index in [9.17, 15) is 4.79 Å². The number of carbonyl (C=O) groups excluding carboxylic acids is 1. The first-order chi connectivity index (χ1) is 9.13. The molecule has 3 nitrogen and oxygen atoms in total. The quantitative estimate of drug-likeness (QED) is 0.766. The Balaban J connectivity index is 1.90. The summed E-state index contributed by atoms with van der Waals surface area (Å²) in [6.45, 7) is 6.05. The first-order valence-electron chi connectivity index (χ1n) is 6.93. The van der Waals surface area contributed by atoms with Crippen molar-refractivity contribution in [2.45, 2.75) is 26.7 Å². The van der Waals surface area contributed by atoms with Crippen LogP contribution in [0.2, 0.25) is 0 Å². The summed E-state index contributed by atoms with van der Waals surface area (Å²) in [6.07, 6.45) is 2.49. The van der Waals surface area contributed by atoms with E-state index in [-0.39, 0.29) is 5.78 Å². The van der Waals surface area contributed by atoms with Crippen LogP contribution < -0.4 is 4.90 Å². The molecule has 1 aliphatic heterocycles. The third-order valence-corrected chi connectivity index (χ3v) is 4.00.